The fourth-order valence-corrected chi connectivity index (χ4v) is 2.07. The maximum absolute atomic E-state index is 5.63. The molecule has 0 unspecified atom stereocenters. The molecule has 5 nitrogen and oxygen atoms in total. The van der Waals surface area contributed by atoms with E-state index in [1.165, 1.54) is 5.56 Å². The smallest absolute Gasteiger partial charge is 0.223 e. The van der Waals surface area contributed by atoms with E-state index < -0.39 is 0 Å². The molecule has 0 radical (unpaired) electrons. The third kappa shape index (κ3) is 2.89. The number of aromatic nitrogens is 2. The molecule has 0 saturated heterocycles. The summed E-state index contributed by atoms with van der Waals surface area (Å²) >= 11 is 3.45. The summed E-state index contributed by atoms with van der Waals surface area (Å²) in [4.78, 5) is 7.92. The van der Waals surface area contributed by atoms with Crippen LogP contribution >= 0.6 is 15.9 Å². The number of rotatable bonds is 3. The largest absolute Gasteiger partial charge is 0.383 e. The van der Waals surface area contributed by atoms with Gasteiger partial charge in [0.1, 0.15) is 11.6 Å². The van der Waals surface area contributed by atoms with Gasteiger partial charge in [-0.1, -0.05) is 22.9 Å². The highest BCUT2D eigenvalue weighted by Crippen LogP contribution is 2.24. The summed E-state index contributed by atoms with van der Waals surface area (Å²) in [6.45, 7) is 2.09. The zero-order chi connectivity index (χ0) is 13.1. The first kappa shape index (κ1) is 12.6. The molecule has 0 atom stereocenters. The molecule has 94 valence electrons. The summed E-state index contributed by atoms with van der Waals surface area (Å²) in [6, 6.07) is 7.67. The van der Waals surface area contributed by atoms with Crippen LogP contribution in [0.2, 0.25) is 0 Å². The fraction of sp³-hybridized carbons (Fsp3) is 0.167. The van der Waals surface area contributed by atoms with E-state index in [0.717, 1.165) is 16.6 Å². The molecular weight excluding hydrogens is 294 g/mol. The Morgan fingerprint density at radius 1 is 1.22 bits per heavy atom. The summed E-state index contributed by atoms with van der Waals surface area (Å²) < 4.78 is 1.05. The number of nitrogen functional groups attached to an aromatic ring is 2. The van der Waals surface area contributed by atoms with Crippen LogP contribution in [0.5, 0.6) is 0 Å². The van der Waals surface area contributed by atoms with Crippen molar-refractivity contribution in [3.63, 3.8) is 0 Å². The lowest BCUT2D eigenvalue weighted by atomic mass is 10.1. The molecule has 6 heteroatoms. The van der Waals surface area contributed by atoms with Crippen LogP contribution in [0.4, 0.5) is 23.3 Å². The maximum Gasteiger partial charge on any atom is 0.223 e. The molecule has 0 amide bonds. The van der Waals surface area contributed by atoms with Crippen LogP contribution < -0.4 is 16.8 Å². The summed E-state index contributed by atoms with van der Waals surface area (Å²) in [5.41, 5.74) is 13.4. The molecule has 1 aromatic carbocycles. The molecule has 0 saturated carbocycles. The van der Waals surface area contributed by atoms with Gasteiger partial charge in [-0.25, -0.2) is 0 Å². The van der Waals surface area contributed by atoms with Gasteiger partial charge in [-0.2, -0.15) is 9.97 Å². The van der Waals surface area contributed by atoms with Crippen molar-refractivity contribution in [1.29, 1.82) is 0 Å². The van der Waals surface area contributed by atoms with Gasteiger partial charge < -0.3 is 16.8 Å². The minimum atomic E-state index is 0.160. The molecule has 1 aromatic heterocycles. The Morgan fingerprint density at radius 3 is 2.67 bits per heavy atom. The van der Waals surface area contributed by atoms with Gasteiger partial charge in [-0.15, -0.1) is 0 Å². The first-order valence-electron chi connectivity index (χ1n) is 5.54. The van der Waals surface area contributed by atoms with Crippen molar-refractivity contribution in [2.45, 2.75) is 13.3 Å². The van der Waals surface area contributed by atoms with E-state index in [9.17, 15) is 0 Å². The third-order valence-corrected chi connectivity index (χ3v) is 2.97. The molecule has 2 rings (SSSR count). The second kappa shape index (κ2) is 5.22. The molecule has 0 aliphatic rings. The SMILES string of the molecule is CCc1cc(Br)ccc1Nc1cc(N)nc(N)n1. The Morgan fingerprint density at radius 2 is 2.00 bits per heavy atom. The van der Waals surface area contributed by atoms with Gasteiger partial charge >= 0.3 is 0 Å². The molecular formula is C12H14BrN5. The van der Waals surface area contributed by atoms with Crippen LogP contribution in [0.3, 0.4) is 0 Å². The maximum atomic E-state index is 5.63. The number of benzene rings is 1. The van der Waals surface area contributed by atoms with Gasteiger partial charge in [0.25, 0.3) is 0 Å². The number of nitrogens with zero attached hydrogens (tertiary/aromatic N) is 2. The Bertz CT molecular complexity index is 550. The average Bonchev–Trinajstić information content (AvgIpc) is 2.30. The second-order valence-corrected chi connectivity index (χ2v) is 4.73. The predicted molar refractivity (Wildman–Crippen MR) is 77.7 cm³/mol. The van der Waals surface area contributed by atoms with Gasteiger partial charge in [0.2, 0.25) is 5.95 Å². The van der Waals surface area contributed by atoms with Crippen molar-refractivity contribution >= 4 is 39.2 Å². The minimum Gasteiger partial charge on any atom is -0.383 e. The summed E-state index contributed by atoms with van der Waals surface area (Å²) in [7, 11) is 0. The molecule has 18 heavy (non-hydrogen) atoms. The zero-order valence-corrected chi connectivity index (χ0v) is 11.5. The molecule has 1 heterocycles. The molecule has 0 spiro atoms. The number of nitrogens with one attached hydrogen (secondary N) is 1. The third-order valence-electron chi connectivity index (χ3n) is 2.47. The van der Waals surface area contributed by atoms with Crippen LogP contribution in [-0.4, -0.2) is 9.97 Å². The standard InChI is InChI=1S/C12H14BrN5/c1-2-7-5-8(13)3-4-9(7)16-11-6-10(14)17-12(15)18-11/h3-6H,2H2,1H3,(H5,14,15,16,17,18). The monoisotopic (exact) mass is 307 g/mol. The highest BCUT2D eigenvalue weighted by Gasteiger charge is 2.05. The van der Waals surface area contributed by atoms with Crippen molar-refractivity contribution in [2.24, 2.45) is 0 Å². The van der Waals surface area contributed by atoms with Crippen molar-refractivity contribution in [3.05, 3.63) is 34.3 Å². The van der Waals surface area contributed by atoms with Crippen LogP contribution in [0.25, 0.3) is 0 Å². The van der Waals surface area contributed by atoms with Crippen LogP contribution in [0, 0.1) is 0 Å². The minimum absolute atomic E-state index is 0.160. The van der Waals surface area contributed by atoms with E-state index in [1.54, 1.807) is 6.07 Å². The topological polar surface area (TPSA) is 89.8 Å². The van der Waals surface area contributed by atoms with Gasteiger partial charge in [0.05, 0.1) is 0 Å². The average molecular weight is 308 g/mol. The molecule has 0 bridgehead atoms. The number of hydrogen-bond donors (Lipinski definition) is 3. The number of aryl methyl sites for hydroxylation is 1. The number of halogens is 1. The normalized spacial score (nSPS) is 10.3. The lowest BCUT2D eigenvalue weighted by molar-refractivity contribution is 1.13. The Labute approximate surface area is 114 Å². The van der Waals surface area contributed by atoms with Crippen LogP contribution in [0.1, 0.15) is 12.5 Å². The number of anilines is 4. The zero-order valence-electron chi connectivity index (χ0n) is 9.94. The summed E-state index contributed by atoms with van der Waals surface area (Å²) in [5.74, 6) is 1.10. The Kier molecular flexibility index (Phi) is 3.66. The van der Waals surface area contributed by atoms with E-state index in [-0.39, 0.29) is 5.95 Å². The summed E-state index contributed by atoms with van der Waals surface area (Å²) in [5, 5.41) is 3.20. The van der Waals surface area contributed by atoms with Gasteiger partial charge in [-0.3, -0.25) is 0 Å². The molecule has 0 aliphatic heterocycles. The number of hydrogen-bond acceptors (Lipinski definition) is 5. The summed E-state index contributed by atoms with van der Waals surface area (Å²) in [6.07, 6.45) is 0.915. The van der Waals surface area contributed by atoms with Crippen molar-refractivity contribution < 1.29 is 0 Å². The Hall–Kier alpha value is -1.82. The number of nitrogens with two attached hydrogens (primary N) is 2. The molecule has 5 N–H and O–H groups in total. The molecule has 0 aliphatic carbocycles. The first-order chi connectivity index (χ1) is 8.58. The molecule has 0 fully saturated rings. The highest BCUT2D eigenvalue weighted by atomic mass is 79.9. The second-order valence-electron chi connectivity index (χ2n) is 3.82. The van der Waals surface area contributed by atoms with Crippen LogP contribution in [-0.2, 0) is 6.42 Å². The van der Waals surface area contributed by atoms with E-state index >= 15 is 0 Å². The quantitative estimate of drug-likeness (QED) is 0.811. The van der Waals surface area contributed by atoms with E-state index in [4.69, 9.17) is 11.5 Å². The van der Waals surface area contributed by atoms with E-state index in [0.29, 0.717) is 11.6 Å². The highest BCUT2D eigenvalue weighted by molar-refractivity contribution is 9.10. The van der Waals surface area contributed by atoms with Gasteiger partial charge in [-0.05, 0) is 30.2 Å². The predicted octanol–water partition coefficient (Wildman–Crippen LogP) is 2.71. The lowest BCUT2D eigenvalue weighted by Gasteiger charge is -2.11. The van der Waals surface area contributed by atoms with E-state index in [1.807, 2.05) is 12.1 Å². The van der Waals surface area contributed by atoms with Gasteiger partial charge in [0.15, 0.2) is 0 Å². The van der Waals surface area contributed by atoms with Gasteiger partial charge in [0, 0.05) is 16.2 Å². The van der Waals surface area contributed by atoms with Crippen LogP contribution in [0.15, 0.2) is 28.7 Å². The fourth-order valence-electron chi connectivity index (χ4n) is 1.66. The lowest BCUT2D eigenvalue weighted by Crippen LogP contribution is -2.04. The molecule has 2 aromatic rings. The first-order valence-corrected chi connectivity index (χ1v) is 6.33. The van der Waals surface area contributed by atoms with Crippen molar-refractivity contribution in [1.82, 2.24) is 9.97 Å². The van der Waals surface area contributed by atoms with Crippen molar-refractivity contribution in [2.75, 3.05) is 16.8 Å². The van der Waals surface area contributed by atoms with Crippen molar-refractivity contribution in [3.8, 4) is 0 Å². The van der Waals surface area contributed by atoms with E-state index in [2.05, 4.69) is 44.2 Å². The Balaban J connectivity index is 2.33.